The van der Waals surface area contributed by atoms with Gasteiger partial charge in [0.2, 0.25) is 5.85 Å². The fourth-order valence-electron chi connectivity index (χ4n) is 5.28. The summed E-state index contributed by atoms with van der Waals surface area (Å²) in [4.78, 5) is 24.1. The topological polar surface area (TPSA) is 84.6 Å². The van der Waals surface area contributed by atoms with E-state index in [0.717, 1.165) is 52.6 Å². The zero-order valence-corrected chi connectivity index (χ0v) is 26.9. The predicted octanol–water partition coefficient (Wildman–Crippen LogP) is 8.29. The van der Waals surface area contributed by atoms with Gasteiger partial charge in [-0.15, -0.1) is 5.10 Å². The van der Waals surface area contributed by atoms with Crippen molar-refractivity contribution in [1.82, 2.24) is 25.0 Å². The third-order valence-corrected chi connectivity index (χ3v) is 8.55. The summed E-state index contributed by atoms with van der Waals surface area (Å²) in [6, 6.07) is 14.7. The van der Waals surface area contributed by atoms with Crippen LogP contribution in [0.2, 0.25) is 0 Å². The molecule has 1 fully saturated rings. The third kappa shape index (κ3) is 7.48. The number of nitrogens with zero attached hydrogens (tertiary/aromatic N) is 5. The van der Waals surface area contributed by atoms with Crippen molar-refractivity contribution in [2.75, 3.05) is 5.75 Å². The number of carbonyl (C=O) groups is 1. The van der Waals surface area contributed by atoms with Crippen molar-refractivity contribution in [3.05, 3.63) is 89.5 Å². The average Bonchev–Trinajstić information content (AvgIpc) is 3.47. The molecule has 3 aromatic rings. The number of amides is 2. The summed E-state index contributed by atoms with van der Waals surface area (Å²) in [6.45, 7) is 11.2. The Labute approximate surface area is 262 Å². The molecule has 2 amide bonds. The molecular formula is C34H39FN6O2S. The van der Waals surface area contributed by atoms with E-state index in [4.69, 9.17) is 4.74 Å². The lowest BCUT2D eigenvalue weighted by Crippen LogP contribution is -2.42. The number of amidine groups is 1. The molecule has 5 rings (SSSR count). The molecule has 1 aliphatic carbocycles. The molecule has 230 valence electrons. The largest absolute Gasteiger partial charge is 0.459 e. The molecular weight excluding hydrogens is 575 g/mol. The van der Waals surface area contributed by atoms with Crippen LogP contribution in [0.1, 0.15) is 66.4 Å². The van der Waals surface area contributed by atoms with Crippen LogP contribution >= 0.6 is 11.8 Å². The molecule has 10 heteroatoms. The van der Waals surface area contributed by atoms with E-state index >= 15 is 0 Å². The molecule has 2 aliphatic rings. The number of aromatic nitrogens is 3. The highest BCUT2D eigenvalue weighted by atomic mass is 32.2. The van der Waals surface area contributed by atoms with Gasteiger partial charge in [0.05, 0.1) is 5.69 Å². The number of benzene rings is 2. The fraction of sp³-hybridized carbons (Fsp3) is 0.353. The minimum atomic E-state index is -1.75. The maximum absolute atomic E-state index is 13.8. The number of rotatable bonds is 7. The van der Waals surface area contributed by atoms with Crippen LogP contribution in [0.15, 0.2) is 89.0 Å². The molecule has 1 N–H and O–H groups in total. The average molecular weight is 615 g/mol. The number of halogens is 1. The van der Waals surface area contributed by atoms with Crippen LogP contribution < -0.4 is 10.1 Å². The van der Waals surface area contributed by atoms with E-state index in [9.17, 15) is 9.18 Å². The van der Waals surface area contributed by atoms with Crippen molar-refractivity contribution in [1.29, 1.82) is 0 Å². The van der Waals surface area contributed by atoms with E-state index < -0.39 is 5.85 Å². The minimum absolute atomic E-state index is 0.279. The molecule has 0 saturated carbocycles. The molecule has 1 aromatic heterocycles. The van der Waals surface area contributed by atoms with E-state index in [1.807, 2.05) is 31.2 Å². The highest BCUT2D eigenvalue weighted by Crippen LogP contribution is 2.35. The lowest BCUT2D eigenvalue weighted by atomic mass is 9.96. The van der Waals surface area contributed by atoms with Crippen molar-refractivity contribution in [2.45, 2.75) is 72.7 Å². The summed E-state index contributed by atoms with van der Waals surface area (Å²) < 4.78 is 20.7. The van der Waals surface area contributed by atoms with Crippen molar-refractivity contribution in [3.63, 3.8) is 0 Å². The predicted molar refractivity (Wildman–Crippen MR) is 176 cm³/mol. The van der Waals surface area contributed by atoms with E-state index in [1.54, 1.807) is 53.2 Å². The Kier molecular flexibility index (Phi) is 9.39. The van der Waals surface area contributed by atoms with Gasteiger partial charge in [-0.1, -0.05) is 42.1 Å². The maximum atomic E-state index is 13.8. The number of allylic oxidation sites excluding steroid dienone is 4. The number of alkyl halides is 1. The van der Waals surface area contributed by atoms with Crippen molar-refractivity contribution in [2.24, 2.45) is 4.99 Å². The van der Waals surface area contributed by atoms with Gasteiger partial charge in [0.1, 0.15) is 12.1 Å². The van der Waals surface area contributed by atoms with Gasteiger partial charge < -0.3 is 15.0 Å². The summed E-state index contributed by atoms with van der Waals surface area (Å²) in [7, 11) is 0. The van der Waals surface area contributed by atoms with Crippen LogP contribution in [0.3, 0.4) is 0 Å². The molecule has 0 bridgehead atoms. The van der Waals surface area contributed by atoms with Gasteiger partial charge >= 0.3 is 6.03 Å². The zero-order chi connectivity index (χ0) is 31.4. The summed E-state index contributed by atoms with van der Waals surface area (Å²) in [5.41, 5.74) is 7.29. The quantitative estimate of drug-likeness (QED) is 0.288. The van der Waals surface area contributed by atoms with Gasteiger partial charge in [0.15, 0.2) is 11.0 Å². The Morgan fingerprint density at radius 2 is 1.89 bits per heavy atom. The Bertz CT molecular complexity index is 1630. The highest BCUT2D eigenvalue weighted by molar-refractivity contribution is 8.13. The molecule has 0 radical (unpaired) electrons. The highest BCUT2D eigenvalue weighted by Gasteiger charge is 2.30. The summed E-state index contributed by atoms with van der Waals surface area (Å²) >= 11 is 1.63. The van der Waals surface area contributed by atoms with Crippen LogP contribution in [-0.2, 0) is 0 Å². The standard InChI is InChI=1S/C34H39FN6O2S/c1-22-8-7-9-23(2)30(22)41-25(4)18-19-44-33(41)38-32(42)36-20-24(3)26-10-12-27(13-11-26)31-37-21-40(39-31)28-14-16-29(17-15-28)43-34(5,6)35/h8,10-17,20-21,25H,7,9,18-19H2,1-6H3,(H,36,42)/b24-20+,38-33-. The molecule has 8 nitrogen and oxygen atoms in total. The number of nitrogens with one attached hydrogen (secondary N) is 1. The van der Waals surface area contributed by atoms with Crippen molar-refractivity contribution in [3.8, 4) is 22.8 Å². The SMILES string of the molecule is CC1=CCCC(C)=C1N1/C(=N/C(=O)N/C=C(\C)c2ccc(-c3ncn(-c4ccc(OC(C)(C)F)cc4)n3)cc2)SCCC1C. The third-order valence-electron chi connectivity index (χ3n) is 7.56. The zero-order valence-electron chi connectivity index (χ0n) is 26.1. The monoisotopic (exact) mass is 614 g/mol. The smallest absolute Gasteiger partial charge is 0.347 e. The Hall–Kier alpha value is -4.18. The maximum Gasteiger partial charge on any atom is 0.347 e. The van der Waals surface area contributed by atoms with E-state index in [0.29, 0.717) is 11.6 Å². The van der Waals surface area contributed by atoms with E-state index in [1.165, 1.54) is 30.7 Å². The van der Waals surface area contributed by atoms with Crippen LogP contribution in [0.25, 0.3) is 22.6 Å². The van der Waals surface area contributed by atoms with Gasteiger partial charge in [-0.05, 0) is 93.5 Å². The first kappa shape index (κ1) is 31.3. The summed E-state index contributed by atoms with van der Waals surface area (Å²) in [5.74, 6) is 0.199. The second kappa shape index (κ2) is 13.2. The number of carbonyl (C=O) groups excluding carboxylic acids is 1. The minimum Gasteiger partial charge on any atom is -0.459 e. The molecule has 1 unspecified atom stereocenters. The van der Waals surface area contributed by atoms with Gasteiger partial charge in [0, 0.05) is 43.1 Å². The first-order valence-electron chi connectivity index (χ1n) is 14.8. The van der Waals surface area contributed by atoms with Crippen LogP contribution in [0.4, 0.5) is 9.18 Å². The molecule has 1 saturated heterocycles. The van der Waals surface area contributed by atoms with Crippen molar-refractivity contribution >= 4 is 28.5 Å². The first-order valence-corrected chi connectivity index (χ1v) is 15.8. The normalized spacial score (nSPS) is 18.8. The molecule has 44 heavy (non-hydrogen) atoms. The lowest BCUT2D eigenvalue weighted by molar-refractivity contribution is -0.0257. The Morgan fingerprint density at radius 3 is 2.57 bits per heavy atom. The van der Waals surface area contributed by atoms with Crippen molar-refractivity contribution < 1.29 is 13.9 Å². The summed E-state index contributed by atoms with van der Waals surface area (Å²) in [5, 5.41) is 8.20. The van der Waals surface area contributed by atoms with Crippen LogP contribution in [-0.4, -0.2) is 48.5 Å². The first-order chi connectivity index (χ1) is 21.0. The number of aliphatic imine (C=N–C) groups is 1. The Balaban J connectivity index is 1.24. The molecule has 2 heterocycles. The molecule has 0 spiro atoms. The molecule has 1 aliphatic heterocycles. The fourth-order valence-corrected chi connectivity index (χ4v) is 6.48. The molecule has 1 atom stereocenters. The second-order valence-electron chi connectivity index (χ2n) is 11.6. The number of thioether (sulfide) groups is 1. The molecule has 2 aromatic carbocycles. The number of hydrogen-bond donors (Lipinski definition) is 1. The second-order valence-corrected chi connectivity index (χ2v) is 12.7. The van der Waals surface area contributed by atoms with E-state index in [2.05, 4.69) is 52.1 Å². The van der Waals surface area contributed by atoms with Gasteiger partial charge in [-0.25, -0.2) is 14.5 Å². The lowest BCUT2D eigenvalue weighted by Gasteiger charge is -2.39. The number of ether oxygens (including phenoxy) is 1. The van der Waals surface area contributed by atoms with Gasteiger partial charge in [-0.2, -0.15) is 9.38 Å². The number of urea groups is 1. The van der Waals surface area contributed by atoms with Crippen LogP contribution in [0, 0.1) is 0 Å². The van der Waals surface area contributed by atoms with E-state index in [-0.39, 0.29) is 12.1 Å². The summed E-state index contributed by atoms with van der Waals surface area (Å²) in [6.07, 6.45) is 8.74. The van der Waals surface area contributed by atoms with Gasteiger partial charge in [0.25, 0.3) is 0 Å². The Morgan fingerprint density at radius 1 is 1.16 bits per heavy atom. The van der Waals surface area contributed by atoms with Crippen LogP contribution in [0.5, 0.6) is 5.75 Å². The van der Waals surface area contributed by atoms with Gasteiger partial charge in [-0.3, -0.25) is 0 Å². The number of hydrogen-bond acceptors (Lipinski definition) is 5.